The van der Waals surface area contributed by atoms with Crippen LogP contribution in [0.25, 0.3) is 11.1 Å². The fraction of sp³-hybridized carbons (Fsp3) is 0.412. The second-order valence-corrected chi connectivity index (χ2v) is 12.6. The van der Waals surface area contributed by atoms with Crippen LogP contribution in [0.4, 0.5) is 0 Å². The van der Waals surface area contributed by atoms with Gasteiger partial charge in [0, 0.05) is 37.8 Å². The first-order valence-corrected chi connectivity index (χ1v) is 16.9. The molecule has 7 N–H and O–H groups in total. The normalized spacial score (nSPS) is 21.7. The predicted molar refractivity (Wildman–Crippen MR) is 179 cm³/mol. The van der Waals surface area contributed by atoms with Crippen molar-refractivity contribution in [1.82, 2.24) is 16.0 Å². The van der Waals surface area contributed by atoms with Gasteiger partial charge in [-0.15, -0.1) is 0 Å². The highest BCUT2D eigenvalue weighted by Crippen LogP contribution is 2.34. The third-order valence-corrected chi connectivity index (χ3v) is 8.84. The Bertz CT molecular complexity index is 1520. The van der Waals surface area contributed by atoms with E-state index in [0.29, 0.717) is 30.0 Å². The van der Waals surface area contributed by atoms with Gasteiger partial charge in [0.2, 0.25) is 5.91 Å². The molecule has 0 bridgehead atoms. The number of carboxylic acid groups (broad SMARTS) is 1. The van der Waals surface area contributed by atoms with Crippen molar-refractivity contribution in [3.05, 3.63) is 84.3 Å². The SMILES string of the molecule is CC(=O)N[C@@H]1[C@@H](O)C[C@](OCCCSCCNC(=O)c2ccco2)(C(=O)O)O[C@H]1C(O)[C@H](O)CNC(=O)c1ccc(-c2ccccc2)cc1. The van der Waals surface area contributed by atoms with Crippen molar-refractivity contribution < 1.29 is 53.5 Å². The number of aliphatic hydroxyl groups is 3. The van der Waals surface area contributed by atoms with E-state index < -0.39 is 67.0 Å². The summed E-state index contributed by atoms with van der Waals surface area (Å²) in [6, 6.07) is 18.2. The molecule has 2 aromatic carbocycles. The minimum absolute atomic E-state index is 0.0972. The second kappa shape index (κ2) is 17.9. The second-order valence-electron chi connectivity index (χ2n) is 11.4. The number of carbonyl (C=O) groups excluding carboxylic acids is 3. The number of carboxylic acids is 1. The molecule has 0 radical (unpaired) electrons. The highest BCUT2D eigenvalue weighted by atomic mass is 32.2. The number of hydrogen-bond donors (Lipinski definition) is 7. The van der Waals surface area contributed by atoms with Gasteiger partial charge in [-0.3, -0.25) is 14.4 Å². The van der Waals surface area contributed by atoms with Crippen LogP contribution < -0.4 is 16.0 Å². The average molecular weight is 700 g/mol. The molecule has 264 valence electrons. The van der Waals surface area contributed by atoms with Crippen LogP contribution in [-0.2, 0) is 19.1 Å². The van der Waals surface area contributed by atoms with Crippen molar-refractivity contribution in [2.45, 2.75) is 56.0 Å². The van der Waals surface area contributed by atoms with Crippen molar-refractivity contribution in [3.63, 3.8) is 0 Å². The Balaban J connectivity index is 1.31. The Labute approximate surface area is 287 Å². The molecule has 2 heterocycles. The average Bonchev–Trinajstić information content (AvgIpc) is 3.64. The molecule has 0 saturated carbocycles. The fourth-order valence-corrected chi connectivity index (χ4v) is 6.04. The topological polar surface area (TPSA) is 217 Å². The summed E-state index contributed by atoms with van der Waals surface area (Å²) in [6.07, 6.45) is -5.50. The van der Waals surface area contributed by atoms with E-state index in [9.17, 15) is 39.6 Å². The molecule has 1 fully saturated rings. The number of aliphatic carboxylic acids is 1. The largest absolute Gasteiger partial charge is 0.477 e. The maximum atomic E-state index is 12.8. The van der Waals surface area contributed by atoms with E-state index in [0.717, 1.165) is 11.1 Å². The van der Waals surface area contributed by atoms with Crippen LogP contribution in [0.15, 0.2) is 77.4 Å². The number of amides is 3. The molecule has 3 amide bonds. The van der Waals surface area contributed by atoms with Crippen LogP contribution in [0, 0.1) is 0 Å². The predicted octanol–water partition coefficient (Wildman–Crippen LogP) is 1.40. The number of nitrogens with one attached hydrogen (secondary N) is 3. The smallest absolute Gasteiger partial charge is 0.364 e. The fourth-order valence-electron chi connectivity index (χ4n) is 5.27. The Morgan fingerprint density at radius 2 is 1.67 bits per heavy atom. The number of furan rings is 1. The molecule has 0 aliphatic carbocycles. The van der Waals surface area contributed by atoms with E-state index in [1.165, 1.54) is 24.9 Å². The summed E-state index contributed by atoms with van der Waals surface area (Å²) in [7, 11) is 0. The summed E-state index contributed by atoms with van der Waals surface area (Å²) in [6.45, 7) is 1.00. The number of benzene rings is 2. The van der Waals surface area contributed by atoms with Crippen LogP contribution >= 0.6 is 11.8 Å². The van der Waals surface area contributed by atoms with Crippen LogP contribution in [0.2, 0.25) is 0 Å². The molecule has 1 saturated heterocycles. The van der Waals surface area contributed by atoms with E-state index >= 15 is 0 Å². The highest BCUT2D eigenvalue weighted by molar-refractivity contribution is 7.99. The van der Waals surface area contributed by atoms with Crippen molar-refractivity contribution >= 4 is 35.5 Å². The molecular formula is C34H41N3O11S. The Hall–Kier alpha value is -4.25. The van der Waals surface area contributed by atoms with E-state index in [-0.39, 0.29) is 18.3 Å². The van der Waals surface area contributed by atoms with Crippen LogP contribution in [0.5, 0.6) is 0 Å². The third kappa shape index (κ3) is 10.4. The lowest BCUT2D eigenvalue weighted by atomic mass is 9.88. The number of thioether (sulfide) groups is 1. The van der Waals surface area contributed by atoms with Crippen LogP contribution in [-0.4, -0.2) is 112 Å². The molecule has 14 nitrogen and oxygen atoms in total. The lowest BCUT2D eigenvalue weighted by molar-refractivity contribution is -0.310. The molecule has 1 aliphatic heterocycles. The number of aliphatic hydroxyl groups excluding tert-OH is 3. The van der Waals surface area contributed by atoms with Crippen LogP contribution in [0.1, 0.15) is 40.7 Å². The van der Waals surface area contributed by atoms with Gasteiger partial charge in [0.05, 0.1) is 31.1 Å². The minimum atomic E-state index is -2.40. The van der Waals surface area contributed by atoms with Gasteiger partial charge < -0.3 is 50.3 Å². The zero-order chi connectivity index (χ0) is 35.4. The zero-order valence-electron chi connectivity index (χ0n) is 26.8. The first kappa shape index (κ1) is 37.6. The highest BCUT2D eigenvalue weighted by Gasteiger charge is 2.55. The molecular weight excluding hydrogens is 658 g/mol. The standard InChI is InChI=1S/C34H41N3O11S/c1-21(38)37-28-25(39)19-34(33(44)45,47-16-6-17-49-18-14-35-32(43)27-9-5-15-46-27)48-30(28)29(41)26(40)20-36-31(42)24-12-10-23(11-13-24)22-7-3-2-4-8-22/h2-5,7-13,15,25-26,28-30,39-41H,6,14,16-20H2,1H3,(H,35,43)(H,36,42)(H,37,38)(H,44,45)/t25-,26+,28+,29?,30+,34+/m0/s1. The molecule has 4 rings (SSSR count). The van der Waals surface area contributed by atoms with Crippen molar-refractivity contribution in [2.24, 2.45) is 0 Å². The van der Waals surface area contributed by atoms with Gasteiger partial charge in [-0.1, -0.05) is 42.5 Å². The van der Waals surface area contributed by atoms with Gasteiger partial charge in [0.25, 0.3) is 17.6 Å². The number of ether oxygens (including phenoxy) is 2. The lowest BCUT2D eigenvalue weighted by Crippen LogP contribution is -2.68. The molecule has 0 spiro atoms. The Morgan fingerprint density at radius 3 is 2.33 bits per heavy atom. The van der Waals surface area contributed by atoms with E-state index in [1.807, 2.05) is 30.3 Å². The van der Waals surface area contributed by atoms with Crippen molar-refractivity contribution in [1.29, 1.82) is 0 Å². The molecule has 1 aromatic heterocycles. The number of rotatable bonds is 17. The summed E-state index contributed by atoms with van der Waals surface area (Å²) in [5.41, 5.74) is 2.18. The maximum absolute atomic E-state index is 12.8. The Kier molecular flexibility index (Phi) is 13.8. The monoisotopic (exact) mass is 699 g/mol. The quantitative estimate of drug-likeness (QED) is 0.0996. The van der Waals surface area contributed by atoms with Crippen molar-refractivity contribution in [3.8, 4) is 11.1 Å². The maximum Gasteiger partial charge on any atom is 0.364 e. The molecule has 49 heavy (non-hydrogen) atoms. The van der Waals surface area contributed by atoms with Gasteiger partial charge in [0.1, 0.15) is 12.2 Å². The van der Waals surface area contributed by atoms with Crippen LogP contribution in [0.3, 0.4) is 0 Å². The number of hydrogen-bond acceptors (Lipinski definition) is 11. The van der Waals surface area contributed by atoms with Gasteiger partial charge >= 0.3 is 5.97 Å². The molecule has 15 heteroatoms. The number of carbonyl (C=O) groups is 4. The third-order valence-electron chi connectivity index (χ3n) is 7.77. The van der Waals surface area contributed by atoms with E-state index in [1.54, 1.807) is 36.4 Å². The van der Waals surface area contributed by atoms with E-state index in [2.05, 4.69) is 16.0 Å². The van der Waals surface area contributed by atoms with Crippen molar-refractivity contribution in [2.75, 3.05) is 31.2 Å². The van der Waals surface area contributed by atoms with Gasteiger partial charge in [0.15, 0.2) is 5.76 Å². The summed E-state index contributed by atoms with van der Waals surface area (Å²) in [5, 5.41) is 50.7. The van der Waals surface area contributed by atoms with Gasteiger partial charge in [-0.25, -0.2) is 4.79 Å². The molecule has 6 atom stereocenters. The lowest BCUT2D eigenvalue weighted by Gasteiger charge is -2.46. The summed E-state index contributed by atoms with van der Waals surface area (Å²) in [4.78, 5) is 49.1. The molecule has 1 aliphatic rings. The Morgan fingerprint density at radius 1 is 0.959 bits per heavy atom. The van der Waals surface area contributed by atoms with Gasteiger partial charge in [-0.2, -0.15) is 11.8 Å². The summed E-state index contributed by atoms with van der Waals surface area (Å²) >= 11 is 1.49. The first-order valence-electron chi connectivity index (χ1n) is 15.7. The van der Waals surface area contributed by atoms with Gasteiger partial charge in [-0.05, 0) is 47.6 Å². The molecule has 3 aromatic rings. The van der Waals surface area contributed by atoms with E-state index in [4.69, 9.17) is 13.9 Å². The minimum Gasteiger partial charge on any atom is -0.477 e. The zero-order valence-corrected chi connectivity index (χ0v) is 27.6. The summed E-state index contributed by atoms with van der Waals surface area (Å²) in [5.74, 6) is -4.10. The first-order chi connectivity index (χ1) is 23.5. The molecule has 1 unspecified atom stereocenters. The summed E-state index contributed by atoms with van der Waals surface area (Å²) < 4.78 is 16.5.